The van der Waals surface area contributed by atoms with Gasteiger partial charge in [0.25, 0.3) is 0 Å². The highest BCUT2D eigenvalue weighted by Crippen LogP contribution is 2.45. The average molecular weight is 714 g/mol. The predicted octanol–water partition coefficient (Wildman–Crippen LogP) is 12.5. The van der Waals surface area contributed by atoms with Crippen LogP contribution in [0.15, 0.2) is 121 Å². The zero-order valence-electron chi connectivity index (χ0n) is 26.3. The van der Waals surface area contributed by atoms with Crippen molar-refractivity contribution in [3.05, 3.63) is 144 Å². The van der Waals surface area contributed by atoms with E-state index in [0.29, 0.717) is 21.8 Å². The van der Waals surface area contributed by atoms with E-state index in [-0.39, 0.29) is 49.9 Å². The molecule has 8 aromatic rings. The maximum absolute atomic E-state index is 14.7. The second-order valence-electron chi connectivity index (χ2n) is 12.2. The second-order valence-corrected chi connectivity index (χ2v) is 12.2. The highest BCUT2D eigenvalue weighted by Gasteiger charge is 2.36. The largest absolute Gasteiger partial charge is 0.417 e. The third kappa shape index (κ3) is 5.15. The first-order valence-corrected chi connectivity index (χ1v) is 15.6. The minimum atomic E-state index is -4.84. The standard InChI is InChI=1S/C40H20F9N3/c41-38(42,43)23-13-15-34-28(18-23)26-8-2-5-11-32(26)51(34)36-20-30(25-7-1-4-10-31(25)40(47,48)49)37(17-22(36)21-50)52-33-12-6-3-9-27(33)29-19-24(39(44,45)46)14-16-35(29)52/h1-20H. The van der Waals surface area contributed by atoms with Gasteiger partial charge < -0.3 is 9.13 Å². The number of rotatable bonds is 3. The van der Waals surface area contributed by atoms with Gasteiger partial charge in [-0.15, -0.1) is 0 Å². The average Bonchev–Trinajstić information content (AvgIpc) is 3.62. The van der Waals surface area contributed by atoms with Gasteiger partial charge in [0.05, 0.1) is 55.7 Å². The SMILES string of the molecule is N#Cc1cc(-n2c3ccccc3c3cc(C(F)(F)F)ccc32)c(-c2ccccc2C(F)(F)F)cc1-n1c2ccccc2c2cc(C(F)(F)F)ccc21. The molecule has 2 heterocycles. The van der Waals surface area contributed by atoms with Crippen molar-refractivity contribution in [1.29, 1.82) is 5.26 Å². The van der Waals surface area contributed by atoms with Crippen LogP contribution < -0.4 is 0 Å². The molecule has 0 fully saturated rings. The van der Waals surface area contributed by atoms with E-state index < -0.39 is 35.2 Å². The van der Waals surface area contributed by atoms with E-state index in [2.05, 4.69) is 6.07 Å². The van der Waals surface area contributed by atoms with Gasteiger partial charge in [-0.1, -0.05) is 54.6 Å². The summed E-state index contributed by atoms with van der Waals surface area (Å²) in [7, 11) is 0. The molecule has 0 aliphatic heterocycles. The summed E-state index contributed by atoms with van der Waals surface area (Å²) in [6.07, 6.45) is -14.2. The van der Waals surface area contributed by atoms with Crippen molar-refractivity contribution in [2.24, 2.45) is 0 Å². The number of benzene rings is 6. The molecule has 2 aromatic heterocycles. The number of aromatic nitrogens is 2. The first-order chi connectivity index (χ1) is 24.7. The number of para-hydroxylation sites is 2. The minimum absolute atomic E-state index is 0.0256. The summed E-state index contributed by atoms with van der Waals surface area (Å²) < 4.78 is 130. The number of alkyl halides is 9. The van der Waals surface area contributed by atoms with Crippen molar-refractivity contribution in [3.63, 3.8) is 0 Å². The van der Waals surface area contributed by atoms with Crippen LogP contribution in [-0.4, -0.2) is 9.13 Å². The Hall–Kier alpha value is -6.22. The number of halogens is 9. The summed E-state index contributed by atoms with van der Waals surface area (Å²) in [4.78, 5) is 0. The predicted molar refractivity (Wildman–Crippen MR) is 180 cm³/mol. The van der Waals surface area contributed by atoms with Crippen molar-refractivity contribution < 1.29 is 39.5 Å². The third-order valence-electron chi connectivity index (χ3n) is 9.24. The van der Waals surface area contributed by atoms with E-state index in [1.807, 2.05) is 0 Å². The minimum Gasteiger partial charge on any atom is -0.309 e. The zero-order chi connectivity index (χ0) is 36.7. The molecular weight excluding hydrogens is 693 g/mol. The topological polar surface area (TPSA) is 33.6 Å². The molecule has 0 N–H and O–H groups in total. The van der Waals surface area contributed by atoms with Crippen LogP contribution in [-0.2, 0) is 18.5 Å². The summed E-state index contributed by atoms with van der Waals surface area (Å²) in [6.45, 7) is 0. The number of hydrogen-bond donors (Lipinski definition) is 0. The van der Waals surface area contributed by atoms with E-state index in [4.69, 9.17) is 0 Å². The highest BCUT2D eigenvalue weighted by atomic mass is 19.4. The molecule has 0 bridgehead atoms. The molecule has 52 heavy (non-hydrogen) atoms. The quantitative estimate of drug-likeness (QED) is 0.168. The van der Waals surface area contributed by atoms with Crippen LogP contribution in [0, 0.1) is 11.3 Å². The first kappa shape index (κ1) is 33.0. The number of nitrogens with zero attached hydrogens (tertiary/aromatic N) is 3. The van der Waals surface area contributed by atoms with Gasteiger partial charge in [0.1, 0.15) is 6.07 Å². The molecule has 258 valence electrons. The molecule has 3 nitrogen and oxygen atoms in total. The van der Waals surface area contributed by atoms with Gasteiger partial charge >= 0.3 is 18.5 Å². The highest BCUT2D eigenvalue weighted by molar-refractivity contribution is 6.11. The molecule has 0 saturated heterocycles. The number of nitriles is 1. The van der Waals surface area contributed by atoms with E-state index in [1.54, 1.807) is 48.5 Å². The molecule has 0 amide bonds. The van der Waals surface area contributed by atoms with E-state index >= 15 is 0 Å². The van der Waals surface area contributed by atoms with E-state index in [9.17, 15) is 44.8 Å². The number of fused-ring (bicyclic) bond motifs is 6. The van der Waals surface area contributed by atoms with E-state index in [0.717, 1.165) is 30.3 Å². The molecule has 6 aromatic carbocycles. The van der Waals surface area contributed by atoms with Crippen LogP contribution in [0.2, 0.25) is 0 Å². The van der Waals surface area contributed by atoms with Crippen molar-refractivity contribution >= 4 is 43.6 Å². The summed E-state index contributed by atoms with van der Waals surface area (Å²) in [6, 6.07) is 28.9. The smallest absolute Gasteiger partial charge is 0.309 e. The monoisotopic (exact) mass is 713 g/mol. The third-order valence-corrected chi connectivity index (χ3v) is 9.24. The van der Waals surface area contributed by atoms with Crippen molar-refractivity contribution in [3.8, 4) is 28.6 Å². The van der Waals surface area contributed by atoms with Gasteiger partial charge in [0.2, 0.25) is 0 Å². The van der Waals surface area contributed by atoms with Gasteiger partial charge in [-0.05, 0) is 72.3 Å². The summed E-state index contributed by atoms with van der Waals surface area (Å²) in [5.74, 6) is 0. The Labute approximate surface area is 288 Å². The van der Waals surface area contributed by atoms with E-state index in [1.165, 1.54) is 51.6 Å². The van der Waals surface area contributed by atoms with Crippen LogP contribution in [0.1, 0.15) is 22.3 Å². The summed E-state index contributed by atoms with van der Waals surface area (Å²) in [5.41, 5.74) is -1.75. The molecule has 0 atom stereocenters. The Morgan fingerprint density at radius 1 is 0.423 bits per heavy atom. The lowest BCUT2D eigenvalue weighted by molar-refractivity contribution is -0.138. The van der Waals surface area contributed by atoms with Gasteiger partial charge in [-0.25, -0.2) is 0 Å². The number of hydrogen-bond acceptors (Lipinski definition) is 1. The van der Waals surface area contributed by atoms with Crippen molar-refractivity contribution in [1.82, 2.24) is 9.13 Å². The summed E-state index contributed by atoms with van der Waals surface area (Å²) in [5, 5.41) is 11.8. The molecule has 0 aliphatic rings. The molecular formula is C40H20F9N3. The molecule has 0 saturated carbocycles. The Morgan fingerprint density at radius 3 is 1.38 bits per heavy atom. The summed E-state index contributed by atoms with van der Waals surface area (Å²) >= 11 is 0. The molecule has 12 heteroatoms. The molecule has 0 spiro atoms. The molecule has 8 rings (SSSR count). The Kier molecular flexibility index (Phi) is 7.22. The van der Waals surface area contributed by atoms with Crippen LogP contribution in [0.3, 0.4) is 0 Å². The maximum atomic E-state index is 14.7. The molecule has 0 aliphatic carbocycles. The van der Waals surface area contributed by atoms with Crippen LogP contribution >= 0.6 is 0 Å². The van der Waals surface area contributed by atoms with Crippen LogP contribution in [0.25, 0.3) is 66.1 Å². The second kappa shape index (κ2) is 11.4. The fourth-order valence-electron chi connectivity index (χ4n) is 7.03. The Bertz CT molecular complexity index is 2770. The normalized spacial score (nSPS) is 12.7. The van der Waals surface area contributed by atoms with Gasteiger partial charge in [-0.3, -0.25) is 0 Å². The van der Waals surface area contributed by atoms with Crippen molar-refractivity contribution in [2.45, 2.75) is 18.5 Å². The zero-order valence-corrected chi connectivity index (χ0v) is 26.3. The van der Waals surface area contributed by atoms with Gasteiger partial charge in [0, 0.05) is 27.1 Å². The lowest BCUT2D eigenvalue weighted by Gasteiger charge is -2.21. The lowest BCUT2D eigenvalue weighted by Crippen LogP contribution is -2.09. The Morgan fingerprint density at radius 2 is 0.885 bits per heavy atom. The Balaban J connectivity index is 1.53. The van der Waals surface area contributed by atoms with Gasteiger partial charge in [-0.2, -0.15) is 44.8 Å². The molecule has 0 radical (unpaired) electrons. The van der Waals surface area contributed by atoms with Crippen LogP contribution in [0.4, 0.5) is 39.5 Å². The fraction of sp³-hybridized carbons (Fsp3) is 0.0750. The maximum Gasteiger partial charge on any atom is 0.417 e. The first-order valence-electron chi connectivity index (χ1n) is 15.6. The molecule has 0 unspecified atom stereocenters. The van der Waals surface area contributed by atoms with Gasteiger partial charge in [0.15, 0.2) is 0 Å². The van der Waals surface area contributed by atoms with Crippen molar-refractivity contribution in [2.75, 3.05) is 0 Å². The lowest BCUT2D eigenvalue weighted by atomic mass is 9.95. The fourth-order valence-corrected chi connectivity index (χ4v) is 7.03. The van der Waals surface area contributed by atoms with Crippen LogP contribution in [0.5, 0.6) is 0 Å².